The van der Waals surface area contributed by atoms with Gasteiger partial charge in [0.15, 0.2) is 0 Å². The van der Waals surface area contributed by atoms with Crippen LogP contribution in [0.25, 0.3) is 0 Å². The van der Waals surface area contributed by atoms with E-state index in [1.807, 2.05) is 0 Å². The maximum atomic E-state index is 12.3. The monoisotopic (exact) mass is 337 g/mol. The number of hydrogen-bond acceptors (Lipinski definition) is 6. The van der Waals surface area contributed by atoms with Gasteiger partial charge in [-0.15, -0.1) is 0 Å². The van der Waals surface area contributed by atoms with Crippen molar-refractivity contribution in [2.45, 2.75) is 23.8 Å². The predicted molar refractivity (Wildman–Crippen MR) is 78.1 cm³/mol. The molecule has 23 heavy (non-hydrogen) atoms. The van der Waals surface area contributed by atoms with E-state index in [-0.39, 0.29) is 16.8 Å². The molecule has 4 heterocycles. The minimum absolute atomic E-state index is 0.0314. The molecule has 2 saturated heterocycles. The van der Waals surface area contributed by atoms with Gasteiger partial charge in [0.2, 0.25) is 15.9 Å². The number of anilines is 1. The van der Waals surface area contributed by atoms with Crippen molar-refractivity contribution in [2.75, 3.05) is 24.5 Å². The van der Waals surface area contributed by atoms with Crippen LogP contribution in [0.5, 0.6) is 0 Å². The Balaban J connectivity index is 1.45. The lowest BCUT2D eigenvalue weighted by molar-refractivity contribution is -0.117. The summed E-state index contributed by atoms with van der Waals surface area (Å²) in [6, 6.07) is -0.0314. The molecular weight excluding hydrogens is 322 g/mol. The highest BCUT2D eigenvalue weighted by Crippen LogP contribution is 2.29. The molecule has 0 radical (unpaired) electrons. The Morgan fingerprint density at radius 3 is 2.74 bits per heavy atom. The molecule has 4 rings (SSSR count). The number of carbonyl (C=O) groups is 1. The van der Waals surface area contributed by atoms with Crippen molar-refractivity contribution >= 4 is 21.6 Å². The van der Waals surface area contributed by atoms with Crippen LogP contribution in [0.4, 0.5) is 5.69 Å². The highest BCUT2D eigenvalue weighted by atomic mass is 32.2. The van der Waals surface area contributed by atoms with Gasteiger partial charge >= 0.3 is 0 Å². The fraction of sp³-hybridized carbons (Fsp3) is 0.462. The number of carbonyl (C=O) groups excluding carboxylic acids is 1. The van der Waals surface area contributed by atoms with Gasteiger partial charge in [-0.25, -0.2) is 8.42 Å². The molecule has 2 aliphatic rings. The minimum atomic E-state index is -3.55. The predicted octanol–water partition coefficient (Wildman–Crippen LogP) is 0.243. The highest BCUT2D eigenvalue weighted by molar-refractivity contribution is 7.89. The third kappa shape index (κ3) is 2.34. The first-order chi connectivity index (χ1) is 11.1. The van der Waals surface area contributed by atoms with E-state index in [1.54, 1.807) is 22.0 Å². The number of aromatic nitrogens is 3. The Morgan fingerprint density at radius 1 is 1.26 bits per heavy atom. The van der Waals surface area contributed by atoms with Gasteiger partial charge in [0.05, 0.1) is 24.1 Å². The summed E-state index contributed by atoms with van der Waals surface area (Å²) in [5.74, 6) is 0.106. The third-order valence-corrected chi connectivity index (χ3v) is 6.00. The zero-order valence-corrected chi connectivity index (χ0v) is 13.0. The molecular formula is C13H15N5O4S. The second-order valence-electron chi connectivity index (χ2n) is 5.66. The van der Waals surface area contributed by atoms with E-state index in [1.165, 1.54) is 10.5 Å². The van der Waals surface area contributed by atoms with E-state index in [2.05, 4.69) is 14.8 Å². The first kappa shape index (κ1) is 14.4. The molecule has 0 aliphatic carbocycles. The molecule has 10 heteroatoms. The molecule has 1 amide bonds. The second kappa shape index (κ2) is 5.17. The van der Waals surface area contributed by atoms with Crippen LogP contribution in [0.2, 0.25) is 0 Å². The summed E-state index contributed by atoms with van der Waals surface area (Å²) in [6.45, 7) is 1.38. The first-order valence-corrected chi connectivity index (χ1v) is 8.74. The Bertz CT molecular complexity index is 822. The fourth-order valence-electron chi connectivity index (χ4n) is 2.84. The largest absolute Gasteiger partial charge is 0.363 e. The molecule has 0 bridgehead atoms. The number of rotatable bonds is 4. The van der Waals surface area contributed by atoms with Gasteiger partial charge in [0.1, 0.15) is 11.2 Å². The Hall–Kier alpha value is -2.20. The zero-order valence-electron chi connectivity index (χ0n) is 12.2. The normalized spacial score (nSPS) is 20.2. The quantitative estimate of drug-likeness (QED) is 0.792. The smallest absolute Gasteiger partial charge is 0.248 e. The fourth-order valence-corrected chi connectivity index (χ4v) is 4.22. The van der Waals surface area contributed by atoms with E-state index in [4.69, 9.17) is 0 Å². The maximum absolute atomic E-state index is 12.3. The van der Waals surface area contributed by atoms with E-state index in [0.717, 1.165) is 18.4 Å². The molecule has 9 nitrogen and oxygen atoms in total. The summed E-state index contributed by atoms with van der Waals surface area (Å²) in [7, 11) is -3.55. The van der Waals surface area contributed by atoms with E-state index in [0.29, 0.717) is 26.1 Å². The van der Waals surface area contributed by atoms with Crippen LogP contribution in [-0.4, -0.2) is 53.2 Å². The summed E-state index contributed by atoms with van der Waals surface area (Å²) in [5.41, 5.74) is 0.771. The van der Waals surface area contributed by atoms with Crippen molar-refractivity contribution in [3.05, 3.63) is 24.9 Å². The zero-order chi connectivity index (χ0) is 16.0. The van der Waals surface area contributed by atoms with E-state index >= 15 is 0 Å². The maximum Gasteiger partial charge on any atom is 0.248 e. The molecule has 2 aromatic heterocycles. The molecule has 0 atom stereocenters. The number of hydrogen-bond donors (Lipinski definition) is 0. The molecule has 0 spiro atoms. The van der Waals surface area contributed by atoms with Crippen molar-refractivity contribution in [3.8, 4) is 0 Å². The minimum Gasteiger partial charge on any atom is -0.363 e. The molecule has 2 aromatic rings. The second-order valence-corrected chi connectivity index (χ2v) is 7.60. The van der Waals surface area contributed by atoms with Gasteiger partial charge in [0, 0.05) is 32.3 Å². The summed E-state index contributed by atoms with van der Waals surface area (Å²) >= 11 is 0. The molecule has 0 aromatic carbocycles. The average Bonchev–Trinajstić information content (AvgIpc) is 3.16. The SMILES string of the molecule is O=C1CCCN1c1cnn(C2CN(S(=O)(=O)c3cnoc3)C2)c1. The van der Waals surface area contributed by atoms with Crippen molar-refractivity contribution in [1.82, 2.24) is 19.2 Å². The Morgan fingerprint density at radius 2 is 2.09 bits per heavy atom. The Kier molecular flexibility index (Phi) is 3.23. The van der Waals surface area contributed by atoms with Gasteiger partial charge in [0.25, 0.3) is 0 Å². The van der Waals surface area contributed by atoms with Crippen LogP contribution in [-0.2, 0) is 14.8 Å². The molecule has 2 fully saturated rings. The molecule has 0 N–H and O–H groups in total. The average molecular weight is 337 g/mol. The van der Waals surface area contributed by atoms with Crippen molar-refractivity contribution in [1.29, 1.82) is 0 Å². The standard InChI is InChI=1S/C13H15N5O4S/c19-13-2-1-3-17(13)10-4-14-18(8-10)11-6-16(7-11)23(20,21)12-5-15-22-9-12/h4-5,8-9,11H,1-3,6-7H2. The Labute approximate surface area is 132 Å². The van der Waals surface area contributed by atoms with Crippen LogP contribution < -0.4 is 4.90 Å². The molecule has 0 saturated carbocycles. The van der Waals surface area contributed by atoms with Gasteiger partial charge < -0.3 is 9.42 Å². The van der Waals surface area contributed by atoms with Crippen LogP contribution >= 0.6 is 0 Å². The number of sulfonamides is 1. The van der Waals surface area contributed by atoms with Crippen LogP contribution in [0, 0.1) is 0 Å². The topological polar surface area (TPSA) is 102 Å². The van der Waals surface area contributed by atoms with Crippen molar-refractivity contribution < 1.29 is 17.7 Å². The van der Waals surface area contributed by atoms with Crippen LogP contribution in [0.1, 0.15) is 18.9 Å². The van der Waals surface area contributed by atoms with Gasteiger partial charge in [-0.2, -0.15) is 9.40 Å². The summed E-state index contributed by atoms with van der Waals surface area (Å²) < 4.78 is 32.2. The molecule has 0 unspecified atom stereocenters. The first-order valence-electron chi connectivity index (χ1n) is 7.30. The highest BCUT2D eigenvalue weighted by Gasteiger charge is 2.39. The van der Waals surface area contributed by atoms with E-state index < -0.39 is 10.0 Å². The van der Waals surface area contributed by atoms with Crippen LogP contribution in [0.15, 0.2) is 34.3 Å². The van der Waals surface area contributed by atoms with Gasteiger partial charge in [-0.05, 0) is 6.42 Å². The number of nitrogens with zero attached hydrogens (tertiary/aromatic N) is 5. The molecule has 2 aliphatic heterocycles. The third-order valence-electron chi connectivity index (χ3n) is 4.22. The lowest BCUT2D eigenvalue weighted by atomic mass is 10.2. The van der Waals surface area contributed by atoms with Gasteiger partial charge in [-0.1, -0.05) is 5.16 Å². The van der Waals surface area contributed by atoms with E-state index in [9.17, 15) is 13.2 Å². The summed E-state index contributed by atoms with van der Waals surface area (Å²) in [5, 5.41) is 7.69. The van der Waals surface area contributed by atoms with Crippen molar-refractivity contribution in [3.63, 3.8) is 0 Å². The van der Waals surface area contributed by atoms with Crippen LogP contribution in [0.3, 0.4) is 0 Å². The summed E-state index contributed by atoms with van der Waals surface area (Å²) in [4.78, 5) is 13.5. The lowest BCUT2D eigenvalue weighted by Crippen LogP contribution is -2.50. The van der Waals surface area contributed by atoms with Crippen molar-refractivity contribution in [2.24, 2.45) is 0 Å². The lowest BCUT2D eigenvalue weighted by Gasteiger charge is -2.37. The summed E-state index contributed by atoms with van der Waals surface area (Å²) in [6.07, 6.45) is 7.19. The van der Waals surface area contributed by atoms with Gasteiger partial charge in [-0.3, -0.25) is 9.48 Å². The number of amides is 1. The molecule has 122 valence electrons.